The second kappa shape index (κ2) is 3.74. The number of phenols is 2. The molecule has 5 heteroatoms. The van der Waals surface area contributed by atoms with E-state index in [1.807, 2.05) is 0 Å². The van der Waals surface area contributed by atoms with E-state index >= 15 is 0 Å². The third-order valence-corrected chi connectivity index (χ3v) is 2.16. The average Bonchev–Trinajstić information content (AvgIpc) is 2.12. The molecule has 0 radical (unpaired) electrons. The molecule has 0 spiro atoms. The molecule has 2 N–H and O–H groups in total. The maximum Gasteiger partial charge on any atom is 0.205 e. The SMILES string of the molecule is COc1cc(Br)c(OC)c(O)c1O. The summed E-state index contributed by atoms with van der Waals surface area (Å²) in [5.74, 6) is -0.306. The van der Waals surface area contributed by atoms with Crippen LogP contribution in [0.25, 0.3) is 0 Å². The number of phenolic OH excluding ortho intramolecular Hbond substituents is 2. The maximum absolute atomic E-state index is 9.41. The van der Waals surface area contributed by atoms with Crippen molar-refractivity contribution >= 4 is 15.9 Å². The normalized spacial score (nSPS) is 9.77. The Labute approximate surface area is 83.8 Å². The summed E-state index contributed by atoms with van der Waals surface area (Å²) in [7, 11) is 2.79. The standard InChI is InChI=1S/C8H9BrO4/c1-12-5-3-4(9)8(13-2)7(11)6(5)10/h3,10-11H,1-2H3. The van der Waals surface area contributed by atoms with Gasteiger partial charge in [-0.2, -0.15) is 0 Å². The monoisotopic (exact) mass is 248 g/mol. The van der Waals surface area contributed by atoms with Gasteiger partial charge in [-0.3, -0.25) is 0 Å². The fraction of sp³-hybridized carbons (Fsp3) is 0.250. The molecule has 0 heterocycles. The molecule has 0 saturated heterocycles. The van der Waals surface area contributed by atoms with Gasteiger partial charge in [-0.25, -0.2) is 0 Å². The molecule has 0 fully saturated rings. The molecule has 13 heavy (non-hydrogen) atoms. The van der Waals surface area contributed by atoms with E-state index in [0.29, 0.717) is 4.47 Å². The minimum atomic E-state index is -0.339. The van der Waals surface area contributed by atoms with E-state index in [2.05, 4.69) is 15.9 Å². The first-order valence-corrected chi connectivity index (χ1v) is 4.23. The lowest BCUT2D eigenvalue weighted by Gasteiger charge is -2.10. The van der Waals surface area contributed by atoms with Crippen molar-refractivity contribution in [2.45, 2.75) is 0 Å². The van der Waals surface area contributed by atoms with Crippen LogP contribution in [0.3, 0.4) is 0 Å². The summed E-state index contributed by atoms with van der Waals surface area (Å²) in [6.07, 6.45) is 0. The number of ether oxygens (including phenoxy) is 2. The van der Waals surface area contributed by atoms with Crippen LogP contribution in [-0.2, 0) is 0 Å². The van der Waals surface area contributed by atoms with Crippen LogP contribution in [0.4, 0.5) is 0 Å². The van der Waals surface area contributed by atoms with Gasteiger partial charge in [0.15, 0.2) is 11.5 Å². The molecule has 0 saturated carbocycles. The van der Waals surface area contributed by atoms with Gasteiger partial charge in [-0.1, -0.05) is 0 Å². The number of halogens is 1. The number of hydrogen-bond donors (Lipinski definition) is 2. The number of hydrogen-bond acceptors (Lipinski definition) is 4. The predicted octanol–water partition coefficient (Wildman–Crippen LogP) is 1.88. The molecule has 72 valence electrons. The second-order valence-corrected chi connectivity index (χ2v) is 3.15. The van der Waals surface area contributed by atoms with Crippen LogP contribution in [-0.4, -0.2) is 24.4 Å². The first-order valence-electron chi connectivity index (χ1n) is 3.44. The van der Waals surface area contributed by atoms with E-state index < -0.39 is 0 Å². The molecule has 0 atom stereocenters. The maximum atomic E-state index is 9.41. The lowest BCUT2D eigenvalue weighted by molar-refractivity contribution is 0.326. The molecule has 0 amide bonds. The van der Waals surface area contributed by atoms with Gasteiger partial charge < -0.3 is 19.7 Å². The van der Waals surface area contributed by atoms with Gasteiger partial charge >= 0.3 is 0 Å². The Morgan fingerprint density at radius 2 is 1.77 bits per heavy atom. The van der Waals surface area contributed by atoms with E-state index in [1.165, 1.54) is 20.3 Å². The number of aromatic hydroxyl groups is 2. The van der Waals surface area contributed by atoms with Gasteiger partial charge in [0.25, 0.3) is 0 Å². The summed E-state index contributed by atoms with van der Waals surface area (Å²) in [5, 5.41) is 18.8. The Balaban J connectivity index is 3.37. The Morgan fingerprint density at radius 3 is 2.23 bits per heavy atom. The zero-order chi connectivity index (χ0) is 10.0. The highest BCUT2D eigenvalue weighted by molar-refractivity contribution is 9.10. The zero-order valence-corrected chi connectivity index (χ0v) is 8.75. The minimum absolute atomic E-state index is 0.179. The number of rotatable bonds is 2. The summed E-state index contributed by atoms with van der Waals surface area (Å²) in [6.45, 7) is 0. The quantitative estimate of drug-likeness (QED) is 0.785. The van der Waals surface area contributed by atoms with Crippen LogP contribution in [0.5, 0.6) is 23.0 Å². The van der Waals surface area contributed by atoms with Gasteiger partial charge in [0.05, 0.1) is 18.7 Å². The molecule has 1 aromatic rings. The molecule has 0 aliphatic heterocycles. The van der Waals surface area contributed by atoms with E-state index in [-0.39, 0.29) is 23.0 Å². The van der Waals surface area contributed by atoms with Crippen LogP contribution >= 0.6 is 15.9 Å². The molecule has 1 rings (SSSR count). The van der Waals surface area contributed by atoms with E-state index in [0.717, 1.165) is 0 Å². The molecule has 0 aromatic heterocycles. The molecular formula is C8H9BrO4. The molecule has 0 bridgehead atoms. The molecule has 4 nitrogen and oxygen atoms in total. The van der Waals surface area contributed by atoms with Gasteiger partial charge in [-0.15, -0.1) is 0 Å². The third-order valence-electron chi connectivity index (χ3n) is 1.57. The van der Waals surface area contributed by atoms with Crippen molar-refractivity contribution in [1.29, 1.82) is 0 Å². The predicted molar refractivity (Wildman–Crippen MR) is 50.6 cm³/mol. The molecular weight excluding hydrogens is 240 g/mol. The number of benzene rings is 1. The molecule has 0 aliphatic rings. The summed E-state index contributed by atoms with van der Waals surface area (Å²) in [4.78, 5) is 0. The van der Waals surface area contributed by atoms with Crippen LogP contribution < -0.4 is 9.47 Å². The number of methoxy groups -OCH3 is 2. The van der Waals surface area contributed by atoms with Crippen LogP contribution in [0.2, 0.25) is 0 Å². The van der Waals surface area contributed by atoms with Crippen LogP contribution in [0.1, 0.15) is 0 Å². The lowest BCUT2D eigenvalue weighted by Crippen LogP contribution is -1.89. The lowest BCUT2D eigenvalue weighted by atomic mass is 10.2. The summed E-state index contributed by atoms with van der Waals surface area (Å²) >= 11 is 3.16. The molecule has 0 unspecified atom stereocenters. The Morgan fingerprint density at radius 1 is 1.15 bits per heavy atom. The van der Waals surface area contributed by atoms with Crippen molar-refractivity contribution < 1.29 is 19.7 Å². The highest BCUT2D eigenvalue weighted by Crippen LogP contribution is 2.46. The average molecular weight is 249 g/mol. The highest BCUT2D eigenvalue weighted by Gasteiger charge is 2.16. The highest BCUT2D eigenvalue weighted by atomic mass is 79.9. The van der Waals surface area contributed by atoms with Gasteiger partial charge in [0.2, 0.25) is 11.5 Å². The Hall–Kier alpha value is -1.10. The largest absolute Gasteiger partial charge is 0.502 e. The van der Waals surface area contributed by atoms with Gasteiger partial charge in [0.1, 0.15) is 0 Å². The van der Waals surface area contributed by atoms with Crippen molar-refractivity contribution in [1.82, 2.24) is 0 Å². The second-order valence-electron chi connectivity index (χ2n) is 2.29. The van der Waals surface area contributed by atoms with Crippen molar-refractivity contribution in [2.24, 2.45) is 0 Å². The van der Waals surface area contributed by atoms with Gasteiger partial charge in [0, 0.05) is 6.07 Å². The minimum Gasteiger partial charge on any atom is -0.502 e. The van der Waals surface area contributed by atoms with Crippen molar-refractivity contribution in [3.63, 3.8) is 0 Å². The van der Waals surface area contributed by atoms with Crippen LogP contribution in [0, 0.1) is 0 Å². The zero-order valence-electron chi connectivity index (χ0n) is 7.17. The summed E-state index contributed by atoms with van der Waals surface area (Å²) in [6, 6.07) is 1.51. The fourth-order valence-electron chi connectivity index (χ4n) is 0.936. The first kappa shape index (κ1) is 9.98. The van der Waals surface area contributed by atoms with Crippen LogP contribution in [0.15, 0.2) is 10.5 Å². The van der Waals surface area contributed by atoms with E-state index in [1.54, 1.807) is 0 Å². The van der Waals surface area contributed by atoms with Crippen molar-refractivity contribution in [3.8, 4) is 23.0 Å². The van der Waals surface area contributed by atoms with E-state index in [4.69, 9.17) is 9.47 Å². The summed E-state index contributed by atoms with van der Waals surface area (Å²) in [5.41, 5.74) is 0. The molecule has 1 aromatic carbocycles. The first-order chi connectivity index (χ1) is 6.11. The van der Waals surface area contributed by atoms with E-state index in [9.17, 15) is 10.2 Å². The third kappa shape index (κ3) is 1.65. The molecule has 0 aliphatic carbocycles. The topological polar surface area (TPSA) is 58.9 Å². The van der Waals surface area contributed by atoms with Crippen molar-refractivity contribution in [2.75, 3.05) is 14.2 Å². The Kier molecular flexibility index (Phi) is 2.87. The van der Waals surface area contributed by atoms with Crippen molar-refractivity contribution in [3.05, 3.63) is 10.5 Å². The van der Waals surface area contributed by atoms with Gasteiger partial charge in [-0.05, 0) is 15.9 Å². The Bertz CT molecular complexity index is 324. The smallest absolute Gasteiger partial charge is 0.205 e. The summed E-state index contributed by atoms with van der Waals surface area (Å²) < 4.78 is 10.2. The fourth-order valence-corrected chi connectivity index (χ4v) is 1.49.